The highest BCUT2D eigenvalue weighted by Crippen LogP contribution is 2.17. The molecular weight excluding hydrogens is 220 g/mol. The van der Waals surface area contributed by atoms with Gasteiger partial charge < -0.3 is 10.3 Å². The van der Waals surface area contributed by atoms with Gasteiger partial charge in [0.25, 0.3) is 0 Å². The number of aromatic nitrogens is 1. The second-order valence-electron chi connectivity index (χ2n) is 3.76. The topological polar surface area (TPSA) is 30.9 Å². The molecule has 0 aliphatic rings. The van der Waals surface area contributed by atoms with Gasteiger partial charge in [-0.3, -0.25) is 0 Å². The van der Waals surface area contributed by atoms with Crippen molar-refractivity contribution < 1.29 is 0 Å². The first-order chi connectivity index (χ1) is 7.81. The lowest BCUT2D eigenvalue weighted by atomic mass is 10.2. The Labute approximate surface area is 101 Å². The number of hydrogen-bond acceptors (Lipinski definition) is 1. The first kappa shape index (κ1) is 11.2. The number of halogens is 1. The molecular formula is C13H15ClN2. The van der Waals surface area contributed by atoms with Crippen molar-refractivity contribution in [2.75, 3.05) is 6.54 Å². The highest BCUT2D eigenvalue weighted by Gasteiger charge is 2.03. The molecule has 16 heavy (non-hydrogen) atoms. The minimum absolute atomic E-state index is 0.673. The molecule has 1 aromatic carbocycles. The third-order valence-corrected chi connectivity index (χ3v) is 2.99. The molecule has 0 fully saturated rings. The fraction of sp³-hybridized carbons (Fsp3) is 0.231. The molecule has 0 spiro atoms. The van der Waals surface area contributed by atoms with Gasteiger partial charge in [-0.25, -0.2) is 0 Å². The van der Waals surface area contributed by atoms with Crippen LogP contribution >= 0.6 is 11.6 Å². The molecule has 2 N–H and O–H groups in total. The average molecular weight is 235 g/mol. The molecule has 2 rings (SSSR count). The number of nitrogens with zero attached hydrogens (tertiary/aromatic N) is 1. The van der Waals surface area contributed by atoms with E-state index in [9.17, 15) is 0 Å². The van der Waals surface area contributed by atoms with Crippen LogP contribution in [0.3, 0.4) is 0 Å². The lowest BCUT2D eigenvalue weighted by Gasteiger charge is -2.09. The summed E-state index contributed by atoms with van der Waals surface area (Å²) in [4.78, 5) is 0. The summed E-state index contributed by atoms with van der Waals surface area (Å²) in [5, 5.41) is 0.815. The van der Waals surface area contributed by atoms with Crippen molar-refractivity contribution in [3.05, 3.63) is 58.9 Å². The summed E-state index contributed by atoms with van der Waals surface area (Å²) < 4.78 is 2.19. The Morgan fingerprint density at radius 3 is 2.69 bits per heavy atom. The van der Waals surface area contributed by atoms with Crippen LogP contribution in [0.15, 0.2) is 42.6 Å². The summed E-state index contributed by atoms with van der Waals surface area (Å²) in [6.45, 7) is 1.48. The van der Waals surface area contributed by atoms with Gasteiger partial charge in [0, 0.05) is 23.5 Å². The van der Waals surface area contributed by atoms with Crippen LogP contribution in [0, 0.1) is 0 Å². The smallest absolute Gasteiger partial charge is 0.0487 e. The number of benzene rings is 1. The van der Waals surface area contributed by atoms with Gasteiger partial charge in [0.2, 0.25) is 0 Å². The monoisotopic (exact) mass is 234 g/mol. The van der Waals surface area contributed by atoms with E-state index in [0.29, 0.717) is 6.54 Å². The Bertz CT molecular complexity index is 462. The van der Waals surface area contributed by atoms with E-state index in [1.54, 1.807) is 0 Å². The zero-order valence-electron chi connectivity index (χ0n) is 9.07. The molecule has 0 amide bonds. The van der Waals surface area contributed by atoms with Crippen LogP contribution in [0.25, 0.3) is 0 Å². The van der Waals surface area contributed by atoms with Crippen molar-refractivity contribution in [3.63, 3.8) is 0 Å². The molecule has 0 radical (unpaired) electrons. The van der Waals surface area contributed by atoms with E-state index in [1.807, 2.05) is 24.3 Å². The van der Waals surface area contributed by atoms with Crippen LogP contribution < -0.4 is 5.73 Å². The summed E-state index contributed by atoms with van der Waals surface area (Å²) in [6, 6.07) is 12.1. The van der Waals surface area contributed by atoms with Crippen molar-refractivity contribution in [1.29, 1.82) is 0 Å². The largest absolute Gasteiger partial charge is 0.347 e. The standard InChI is InChI=1S/C13H15ClN2/c14-13-6-2-1-4-11(13)10-16-9-3-5-12(16)7-8-15/h1-6,9H,7-8,10,15H2. The molecule has 0 aliphatic carbocycles. The zero-order valence-corrected chi connectivity index (χ0v) is 9.82. The third kappa shape index (κ3) is 2.46. The van der Waals surface area contributed by atoms with Crippen molar-refractivity contribution in [2.24, 2.45) is 5.73 Å². The number of rotatable bonds is 4. The molecule has 3 heteroatoms. The fourth-order valence-electron chi connectivity index (χ4n) is 1.79. The minimum atomic E-state index is 0.673. The van der Waals surface area contributed by atoms with Crippen molar-refractivity contribution in [1.82, 2.24) is 4.57 Å². The van der Waals surface area contributed by atoms with Gasteiger partial charge in [-0.1, -0.05) is 29.8 Å². The molecule has 0 unspecified atom stereocenters. The molecule has 0 saturated carbocycles. The fourth-order valence-corrected chi connectivity index (χ4v) is 1.98. The Morgan fingerprint density at radius 1 is 1.12 bits per heavy atom. The Kier molecular flexibility index (Phi) is 3.65. The third-order valence-electron chi connectivity index (χ3n) is 2.62. The van der Waals surface area contributed by atoms with Gasteiger partial charge in [0.15, 0.2) is 0 Å². The summed E-state index contributed by atoms with van der Waals surface area (Å²) in [6.07, 6.45) is 2.96. The van der Waals surface area contributed by atoms with E-state index in [0.717, 1.165) is 23.6 Å². The van der Waals surface area contributed by atoms with Crippen LogP contribution in [-0.4, -0.2) is 11.1 Å². The molecule has 1 aromatic heterocycles. The maximum Gasteiger partial charge on any atom is 0.0487 e. The van der Waals surface area contributed by atoms with Gasteiger partial charge in [0.05, 0.1) is 0 Å². The molecule has 1 heterocycles. The summed E-state index contributed by atoms with van der Waals surface area (Å²) in [5.74, 6) is 0. The molecule has 2 nitrogen and oxygen atoms in total. The number of hydrogen-bond donors (Lipinski definition) is 1. The van der Waals surface area contributed by atoms with Crippen molar-refractivity contribution >= 4 is 11.6 Å². The molecule has 0 saturated heterocycles. The average Bonchev–Trinajstić information content (AvgIpc) is 2.70. The SMILES string of the molecule is NCCc1cccn1Cc1ccccc1Cl. The lowest BCUT2D eigenvalue weighted by Crippen LogP contribution is -2.09. The summed E-state index contributed by atoms with van der Waals surface area (Å²) in [7, 11) is 0. The van der Waals surface area contributed by atoms with Crippen LogP contribution in [0.1, 0.15) is 11.3 Å². The minimum Gasteiger partial charge on any atom is -0.347 e. The van der Waals surface area contributed by atoms with E-state index in [1.165, 1.54) is 5.69 Å². The van der Waals surface area contributed by atoms with Gasteiger partial charge in [-0.05, 0) is 36.7 Å². The second-order valence-corrected chi connectivity index (χ2v) is 4.16. The summed E-state index contributed by atoms with van der Waals surface area (Å²) in [5.41, 5.74) is 7.96. The van der Waals surface area contributed by atoms with Crippen LogP contribution in [0.5, 0.6) is 0 Å². The number of nitrogens with two attached hydrogens (primary N) is 1. The second kappa shape index (κ2) is 5.19. The first-order valence-corrected chi connectivity index (χ1v) is 5.76. The van der Waals surface area contributed by atoms with Crippen molar-refractivity contribution in [3.8, 4) is 0 Å². The summed E-state index contributed by atoms with van der Waals surface area (Å²) >= 11 is 6.13. The molecule has 2 aromatic rings. The predicted octanol–water partition coefficient (Wildman–Crippen LogP) is 2.69. The normalized spacial score (nSPS) is 10.6. The maximum atomic E-state index is 6.13. The van der Waals surface area contributed by atoms with Crippen LogP contribution in [0.4, 0.5) is 0 Å². The quantitative estimate of drug-likeness (QED) is 0.867. The van der Waals surface area contributed by atoms with Gasteiger partial charge in [0.1, 0.15) is 0 Å². The highest BCUT2D eigenvalue weighted by atomic mass is 35.5. The van der Waals surface area contributed by atoms with E-state index in [2.05, 4.69) is 22.9 Å². The first-order valence-electron chi connectivity index (χ1n) is 5.39. The Hall–Kier alpha value is -1.25. The Morgan fingerprint density at radius 2 is 1.94 bits per heavy atom. The highest BCUT2D eigenvalue weighted by molar-refractivity contribution is 6.31. The zero-order chi connectivity index (χ0) is 11.4. The van der Waals surface area contributed by atoms with Gasteiger partial charge in [-0.15, -0.1) is 0 Å². The molecule has 0 atom stereocenters. The molecule has 0 bridgehead atoms. The Balaban J connectivity index is 2.20. The van der Waals surface area contributed by atoms with Crippen LogP contribution in [0.2, 0.25) is 5.02 Å². The molecule has 84 valence electrons. The van der Waals surface area contributed by atoms with Gasteiger partial charge >= 0.3 is 0 Å². The van der Waals surface area contributed by atoms with E-state index >= 15 is 0 Å². The molecule has 0 aliphatic heterocycles. The van der Waals surface area contributed by atoms with E-state index < -0.39 is 0 Å². The maximum absolute atomic E-state index is 6.13. The van der Waals surface area contributed by atoms with Gasteiger partial charge in [-0.2, -0.15) is 0 Å². The van der Waals surface area contributed by atoms with Crippen molar-refractivity contribution in [2.45, 2.75) is 13.0 Å². The lowest BCUT2D eigenvalue weighted by molar-refractivity contribution is 0.736. The van der Waals surface area contributed by atoms with Crippen LogP contribution in [-0.2, 0) is 13.0 Å². The predicted molar refractivity (Wildman–Crippen MR) is 67.7 cm³/mol. The van der Waals surface area contributed by atoms with E-state index in [4.69, 9.17) is 17.3 Å². The van der Waals surface area contributed by atoms with E-state index in [-0.39, 0.29) is 0 Å².